The lowest BCUT2D eigenvalue weighted by atomic mass is 10.1. The standard InChI is InChI=1S/C13H18FNO2S/c14-12-5-3-4-11(8-12)9-18(16,17)10-13-6-1-2-7-15-13/h3-5,8,13,15H,1-2,6-7,9-10H2. The van der Waals surface area contributed by atoms with E-state index in [0.717, 1.165) is 25.8 Å². The highest BCUT2D eigenvalue weighted by Gasteiger charge is 2.21. The highest BCUT2D eigenvalue weighted by Crippen LogP contribution is 2.13. The molecule has 1 aromatic carbocycles. The van der Waals surface area contributed by atoms with Crippen molar-refractivity contribution in [3.05, 3.63) is 35.6 Å². The van der Waals surface area contributed by atoms with Crippen LogP contribution in [0.1, 0.15) is 24.8 Å². The van der Waals surface area contributed by atoms with Gasteiger partial charge in [0.2, 0.25) is 0 Å². The van der Waals surface area contributed by atoms with Gasteiger partial charge >= 0.3 is 0 Å². The molecule has 0 aromatic heterocycles. The largest absolute Gasteiger partial charge is 0.313 e. The molecule has 18 heavy (non-hydrogen) atoms. The molecular formula is C13H18FNO2S. The minimum Gasteiger partial charge on any atom is -0.313 e. The molecule has 100 valence electrons. The summed E-state index contributed by atoms with van der Waals surface area (Å²) < 4.78 is 37.0. The Labute approximate surface area is 107 Å². The fraction of sp³-hybridized carbons (Fsp3) is 0.538. The number of benzene rings is 1. The third kappa shape index (κ3) is 4.07. The quantitative estimate of drug-likeness (QED) is 0.909. The van der Waals surface area contributed by atoms with Gasteiger partial charge in [-0.1, -0.05) is 18.6 Å². The minimum absolute atomic E-state index is 0.0531. The second kappa shape index (κ2) is 5.80. The maximum absolute atomic E-state index is 13.0. The predicted molar refractivity (Wildman–Crippen MR) is 69.5 cm³/mol. The van der Waals surface area contributed by atoms with Crippen molar-refractivity contribution in [3.63, 3.8) is 0 Å². The zero-order valence-electron chi connectivity index (χ0n) is 10.2. The van der Waals surface area contributed by atoms with Gasteiger partial charge < -0.3 is 5.32 Å². The molecule has 5 heteroatoms. The molecule has 1 aliphatic heterocycles. The van der Waals surface area contributed by atoms with E-state index < -0.39 is 15.7 Å². The number of nitrogens with one attached hydrogen (secondary N) is 1. The first kappa shape index (κ1) is 13.5. The van der Waals surface area contributed by atoms with E-state index in [1.54, 1.807) is 12.1 Å². The van der Waals surface area contributed by atoms with Crippen LogP contribution < -0.4 is 5.32 Å². The Kier molecular flexibility index (Phi) is 4.35. The van der Waals surface area contributed by atoms with Gasteiger partial charge in [0.05, 0.1) is 11.5 Å². The molecule has 0 amide bonds. The lowest BCUT2D eigenvalue weighted by molar-refractivity contribution is 0.423. The van der Waals surface area contributed by atoms with Gasteiger partial charge in [0.25, 0.3) is 0 Å². The molecule has 1 heterocycles. The molecular weight excluding hydrogens is 253 g/mol. The number of hydrogen-bond donors (Lipinski definition) is 1. The average Bonchev–Trinajstić information content (AvgIpc) is 2.28. The summed E-state index contributed by atoms with van der Waals surface area (Å²) in [4.78, 5) is 0. The second-order valence-electron chi connectivity index (χ2n) is 4.83. The molecule has 0 spiro atoms. The van der Waals surface area contributed by atoms with E-state index >= 15 is 0 Å². The van der Waals surface area contributed by atoms with E-state index in [2.05, 4.69) is 5.32 Å². The Morgan fingerprint density at radius 2 is 2.17 bits per heavy atom. The minimum atomic E-state index is -3.18. The zero-order valence-corrected chi connectivity index (χ0v) is 11.0. The number of halogens is 1. The molecule has 0 aliphatic carbocycles. The molecule has 1 aromatic rings. The maximum atomic E-state index is 13.0. The summed E-state index contributed by atoms with van der Waals surface area (Å²) in [5.41, 5.74) is 0.519. The highest BCUT2D eigenvalue weighted by molar-refractivity contribution is 7.90. The number of piperidine rings is 1. The molecule has 2 rings (SSSR count). The lowest BCUT2D eigenvalue weighted by Crippen LogP contribution is -2.39. The van der Waals surface area contributed by atoms with Gasteiger partial charge in [0.1, 0.15) is 5.82 Å². The molecule has 1 aliphatic rings. The lowest BCUT2D eigenvalue weighted by Gasteiger charge is -2.23. The Bertz CT molecular complexity index is 495. The van der Waals surface area contributed by atoms with E-state index in [-0.39, 0.29) is 17.5 Å². The second-order valence-corrected chi connectivity index (χ2v) is 6.94. The monoisotopic (exact) mass is 271 g/mol. The first-order valence-electron chi connectivity index (χ1n) is 6.23. The SMILES string of the molecule is O=S(=O)(Cc1cccc(F)c1)CC1CCCCN1. The third-order valence-electron chi connectivity index (χ3n) is 3.14. The molecule has 1 atom stereocenters. The number of hydrogen-bond acceptors (Lipinski definition) is 3. The predicted octanol–water partition coefficient (Wildman–Crippen LogP) is 1.88. The molecule has 0 saturated carbocycles. The third-order valence-corrected chi connectivity index (χ3v) is 4.83. The van der Waals surface area contributed by atoms with Crippen LogP contribution in [0.15, 0.2) is 24.3 Å². The Hall–Kier alpha value is -0.940. The van der Waals surface area contributed by atoms with Gasteiger partial charge in [-0.2, -0.15) is 0 Å². The van der Waals surface area contributed by atoms with Crippen LogP contribution in [0.4, 0.5) is 4.39 Å². The first-order valence-corrected chi connectivity index (χ1v) is 8.05. The number of rotatable bonds is 4. The van der Waals surface area contributed by atoms with E-state index in [1.807, 2.05) is 0 Å². The van der Waals surface area contributed by atoms with Gasteiger partial charge in [-0.25, -0.2) is 12.8 Å². The van der Waals surface area contributed by atoms with Crippen molar-refractivity contribution in [3.8, 4) is 0 Å². The number of sulfone groups is 1. The summed E-state index contributed by atoms with van der Waals surface area (Å²) >= 11 is 0. The fourth-order valence-corrected chi connectivity index (χ4v) is 4.02. The van der Waals surface area contributed by atoms with Crippen LogP contribution in [0.2, 0.25) is 0 Å². The van der Waals surface area contributed by atoms with Crippen molar-refractivity contribution in [2.45, 2.75) is 31.1 Å². The van der Waals surface area contributed by atoms with Crippen molar-refractivity contribution >= 4 is 9.84 Å². The first-order chi connectivity index (χ1) is 8.55. The maximum Gasteiger partial charge on any atom is 0.155 e. The van der Waals surface area contributed by atoms with Crippen molar-refractivity contribution in [1.29, 1.82) is 0 Å². The van der Waals surface area contributed by atoms with Crippen LogP contribution in [0, 0.1) is 5.82 Å². The molecule has 0 bridgehead atoms. The van der Waals surface area contributed by atoms with Gasteiger partial charge in [0.15, 0.2) is 9.84 Å². The topological polar surface area (TPSA) is 46.2 Å². The summed E-state index contributed by atoms with van der Waals surface area (Å²) in [6.07, 6.45) is 3.09. The molecule has 1 fully saturated rings. The summed E-state index contributed by atoms with van der Waals surface area (Å²) in [6, 6.07) is 5.84. The van der Waals surface area contributed by atoms with Crippen LogP contribution in [-0.4, -0.2) is 26.8 Å². The van der Waals surface area contributed by atoms with Gasteiger partial charge in [0, 0.05) is 6.04 Å². The molecule has 3 nitrogen and oxygen atoms in total. The van der Waals surface area contributed by atoms with Gasteiger partial charge in [-0.05, 0) is 37.1 Å². The van der Waals surface area contributed by atoms with Crippen LogP contribution in [0.3, 0.4) is 0 Å². The molecule has 1 unspecified atom stereocenters. The van der Waals surface area contributed by atoms with Crippen LogP contribution >= 0.6 is 0 Å². The van der Waals surface area contributed by atoms with Gasteiger partial charge in [-0.3, -0.25) is 0 Å². The van der Waals surface area contributed by atoms with E-state index in [1.165, 1.54) is 12.1 Å². The van der Waals surface area contributed by atoms with E-state index in [0.29, 0.717) is 5.56 Å². The summed E-state index contributed by atoms with van der Waals surface area (Å²) in [5, 5.41) is 3.22. The van der Waals surface area contributed by atoms with Crippen LogP contribution in [0.5, 0.6) is 0 Å². The van der Waals surface area contributed by atoms with Crippen LogP contribution in [0.25, 0.3) is 0 Å². The smallest absolute Gasteiger partial charge is 0.155 e. The zero-order chi connectivity index (χ0) is 13.0. The summed E-state index contributed by atoms with van der Waals surface area (Å²) in [5.74, 6) is -0.328. The Morgan fingerprint density at radius 3 is 2.83 bits per heavy atom. The molecule has 1 saturated heterocycles. The van der Waals surface area contributed by atoms with Crippen molar-refractivity contribution in [2.24, 2.45) is 0 Å². The fourth-order valence-electron chi connectivity index (χ4n) is 2.31. The molecule has 1 N–H and O–H groups in total. The Morgan fingerprint density at radius 1 is 1.33 bits per heavy atom. The van der Waals surface area contributed by atoms with Gasteiger partial charge in [-0.15, -0.1) is 0 Å². The van der Waals surface area contributed by atoms with Crippen molar-refractivity contribution in [2.75, 3.05) is 12.3 Å². The van der Waals surface area contributed by atoms with Crippen LogP contribution in [-0.2, 0) is 15.6 Å². The van der Waals surface area contributed by atoms with E-state index in [9.17, 15) is 12.8 Å². The summed E-state index contributed by atoms with van der Waals surface area (Å²) in [7, 11) is -3.18. The Balaban J connectivity index is 1.98. The van der Waals surface area contributed by atoms with Crippen molar-refractivity contribution in [1.82, 2.24) is 5.32 Å². The van der Waals surface area contributed by atoms with E-state index in [4.69, 9.17) is 0 Å². The molecule has 0 radical (unpaired) electrons. The normalized spacial score (nSPS) is 20.8. The highest BCUT2D eigenvalue weighted by atomic mass is 32.2. The van der Waals surface area contributed by atoms with Crippen molar-refractivity contribution < 1.29 is 12.8 Å². The average molecular weight is 271 g/mol. The summed E-state index contributed by atoms with van der Waals surface area (Å²) in [6.45, 7) is 0.889.